The summed E-state index contributed by atoms with van der Waals surface area (Å²) in [6.07, 6.45) is 9.48. The van der Waals surface area contributed by atoms with E-state index >= 15 is 0 Å². The van der Waals surface area contributed by atoms with Gasteiger partial charge in [0.25, 0.3) is 5.91 Å². The normalized spacial score (nSPS) is 14.9. The summed E-state index contributed by atoms with van der Waals surface area (Å²) in [6.45, 7) is 0.433. The van der Waals surface area contributed by atoms with Crippen LogP contribution in [-0.4, -0.2) is 29.0 Å². The molecule has 0 radical (unpaired) electrons. The third kappa shape index (κ3) is 4.26. The van der Waals surface area contributed by atoms with Crippen molar-refractivity contribution in [1.82, 2.24) is 15.3 Å². The second-order valence-corrected chi connectivity index (χ2v) is 6.54. The molecule has 0 spiro atoms. The first-order chi connectivity index (χ1) is 12.1. The molecule has 132 valence electrons. The lowest BCUT2D eigenvalue weighted by atomic mass is 9.94. The van der Waals surface area contributed by atoms with Crippen LogP contribution in [0.25, 0.3) is 0 Å². The first-order valence-corrected chi connectivity index (χ1v) is 8.81. The molecule has 1 heterocycles. The minimum atomic E-state index is -0.311. The number of nitrogens with two attached hydrogens (primary N) is 1. The van der Waals surface area contributed by atoms with Crippen LogP contribution in [0.4, 0.5) is 11.5 Å². The van der Waals surface area contributed by atoms with Crippen LogP contribution in [0.3, 0.4) is 0 Å². The highest BCUT2D eigenvalue weighted by molar-refractivity contribution is 5.96. The van der Waals surface area contributed by atoms with Crippen LogP contribution < -0.4 is 16.0 Å². The SMILES string of the molecule is CN(c1ccc(CNC(=O)c2nccnc2N)cc1)C1CCCCC1. The van der Waals surface area contributed by atoms with Crippen molar-refractivity contribution < 1.29 is 4.79 Å². The van der Waals surface area contributed by atoms with E-state index in [0.29, 0.717) is 12.6 Å². The standard InChI is InChI=1S/C19H25N5O/c1-24(15-5-3-2-4-6-15)16-9-7-14(8-10-16)13-23-19(25)17-18(20)22-12-11-21-17/h7-12,15H,2-6,13H2,1H3,(H2,20,22)(H,23,25). The van der Waals surface area contributed by atoms with Crippen molar-refractivity contribution in [3.8, 4) is 0 Å². The first kappa shape index (κ1) is 17.2. The summed E-state index contributed by atoms with van der Waals surface area (Å²) in [4.78, 5) is 22.3. The fourth-order valence-corrected chi connectivity index (χ4v) is 3.32. The zero-order valence-corrected chi connectivity index (χ0v) is 14.6. The van der Waals surface area contributed by atoms with Crippen molar-refractivity contribution >= 4 is 17.4 Å². The van der Waals surface area contributed by atoms with Crippen LogP contribution in [0.5, 0.6) is 0 Å². The van der Waals surface area contributed by atoms with Crippen LogP contribution in [-0.2, 0) is 6.54 Å². The fraction of sp³-hybridized carbons (Fsp3) is 0.421. The van der Waals surface area contributed by atoms with Gasteiger partial charge in [0.15, 0.2) is 11.5 Å². The maximum Gasteiger partial charge on any atom is 0.273 e. The van der Waals surface area contributed by atoms with Gasteiger partial charge in [-0.1, -0.05) is 31.4 Å². The number of aromatic nitrogens is 2. The Hall–Kier alpha value is -2.63. The molecule has 0 aliphatic heterocycles. The van der Waals surface area contributed by atoms with Crippen molar-refractivity contribution in [3.63, 3.8) is 0 Å². The van der Waals surface area contributed by atoms with E-state index in [1.807, 2.05) is 0 Å². The molecule has 3 N–H and O–H groups in total. The molecule has 1 saturated carbocycles. The Morgan fingerprint density at radius 1 is 1.16 bits per heavy atom. The van der Waals surface area contributed by atoms with Gasteiger partial charge >= 0.3 is 0 Å². The number of rotatable bonds is 5. The van der Waals surface area contributed by atoms with E-state index in [4.69, 9.17) is 5.73 Å². The zero-order chi connectivity index (χ0) is 17.6. The van der Waals surface area contributed by atoms with E-state index in [2.05, 4.69) is 51.5 Å². The van der Waals surface area contributed by atoms with Gasteiger partial charge < -0.3 is 16.0 Å². The molecule has 6 nitrogen and oxygen atoms in total. The summed E-state index contributed by atoms with van der Waals surface area (Å²) in [7, 11) is 2.17. The molecular formula is C19H25N5O. The van der Waals surface area contributed by atoms with Crippen LogP contribution in [0.1, 0.15) is 48.2 Å². The van der Waals surface area contributed by atoms with Gasteiger partial charge in [-0.15, -0.1) is 0 Å². The molecule has 1 fully saturated rings. The van der Waals surface area contributed by atoms with Crippen LogP contribution >= 0.6 is 0 Å². The Labute approximate surface area is 148 Å². The maximum atomic E-state index is 12.1. The summed E-state index contributed by atoms with van der Waals surface area (Å²) in [5.74, 6) is -0.168. The molecule has 1 aliphatic carbocycles. The van der Waals surface area contributed by atoms with Crippen molar-refractivity contribution in [3.05, 3.63) is 47.9 Å². The van der Waals surface area contributed by atoms with Gasteiger partial charge in [-0.3, -0.25) is 4.79 Å². The van der Waals surface area contributed by atoms with Gasteiger partial charge in [0.1, 0.15) is 0 Å². The number of hydrogen-bond donors (Lipinski definition) is 2. The largest absolute Gasteiger partial charge is 0.382 e. The predicted octanol–water partition coefficient (Wildman–Crippen LogP) is 2.76. The number of nitrogens with zero attached hydrogens (tertiary/aromatic N) is 3. The van der Waals surface area contributed by atoms with Crippen LogP contribution in [0, 0.1) is 0 Å². The zero-order valence-electron chi connectivity index (χ0n) is 14.6. The van der Waals surface area contributed by atoms with E-state index in [1.165, 1.54) is 50.2 Å². The number of amides is 1. The van der Waals surface area contributed by atoms with E-state index < -0.39 is 0 Å². The van der Waals surface area contributed by atoms with Crippen LogP contribution in [0.15, 0.2) is 36.7 Å². The molecule has 1 amide bonds. The Morgan fingerprint density at radius 2 is 1.84 bits per heavy atom. The molecule has 1 aromatic carbocycles. The van der Waals surface area contributed by atoms with Gasteiger partial charge in [-0.2, -0.15) is 0 Å². The predicted molar refractivity (Wildman–Crippen MR) is 99.3 cm³/mol. The average molecular weight is 339 g/mol. The molecule has 3 rings (SSSR count). The van der Waals surface area contributed by atoms with Gasteiger partial charge in [-0.05, 0) is 30.5 Å². The molecule has 1 aliphatic rings. The molecule has 1 aromatic heterocycles. The van der Waals surface area contributed by atoms with Crippen molar-refractivity contribution in [1.29, 1.82) is 0 Å². The average Bonchev–Trinajstić information content (AvgIpc) is 2.67. The summed E-state index contributed by atoms with van der Waals surface area (Å²) in [5.41, 5.74) is 8.10. The first-order valence-electron chi connectivity index (χ1n) is 8.81. The Kier molecular flexibility index (Phi) is 5.48. The molecule has 0 unspecified atom stereocenters. The number of benzene rings is 1. The van der Waals surface area contributed by atoms with Gasteiger partial charge in [0.05, 0.1) is 0 Å². The van der Waals surface area contributed by atoms with Gasteiger partial charge in [0.2, 0.25) is 0 Å². The summed E-state index contributed by atoms with van der Waals surface area (Å²) >= 11 is 0. The highest BCUT2D eigenvalue weighted by Crippen LogP contribution is 2.26. The third-order valence-corrected chi connectivity index (χ3v) is 4.86. The van der Waals surface area contributed by atoms with E-state index in [9.17, 15) is 4.79 Å². The molecule has 6 heteroatoms. The highest BCUT2D eigenvalue weighted by Gasteiger charge is 2.18. The lowest BCUT2D eigenvalue weighted by Gasteiger charge is -2.33. The van der Waals surface area contributed by atoms with Crippen molar-refractivity contribution in [2.24, 2.45) is 0 Å². The number of nitrogens with one attached hydrogen (secondary N) is 1. The van der Waals surface area contributed by atoms with Crippen LogP contribution in [0.2, 0.25) is 0 Å². The molecular weight excluding hydrogens is 314 g/mol. The number of carbonyl (C=O) groups excluding carboxylic acids is 1. The second kappa shape index (κ2) is 7.96. The van der Waals surface area contributed by atoms with E-state index in [-0.39, 0.29) is 17.4 Å². The maximum absolute atomic E-state index is 12.1. The van der Waals surface area contributed by atoms with Crippen molar-refractivity contribution in [2.75, 3.05) is 17.7 Å². The topological polar surface area (TPSA) is 84.1 Å². The second-order valence-electron chi connectivity index (χ2n) is 6.54. The quantitative estimate of drug-likeness (QED) is 0.875. The molecule has 0 saturated heterocycles. The lowest BCUT2D eigenvalue weighted by molar-refractivity contribution is 0.0946. The minimum Gasteiger partial charge on any atom is -0.382 e. The fourth-order valence-electron chi connectivity index (χ4n) is 3.32. The lowest BCUT2D eigenvalue weighted by Crippen LogP contribution is -2.33. The summed E-state index contributed by atoms with van der Waals surface area (Å²) < 4.78 is 0. The number of anilines is 2. The molecule has 25 heavy (non-hydrogen) atoms. The third-order valence-electron chi connectivity index (χ3n) is 4.86. The monoisotopic (exact) mass is 339 g/mol. The molecule has 2 aromatic rings. The van der Waals surface area contributed by atoms with Crippen molar-refractivity contribution in [2.45, 2.75) is 44.7 Å². The van der Waals surface area contributed by atoms with Gasteiger partial charge in [0, 0.05) is 37.7 Å². The summed E-state index contributed by atoms with van der Waals surface area (Å²) in [5, 5.41) is 2.83. The molecule has 0 atom stereocenters. The Balaban J connectivity index is 1.57. The van der Waals surface area contributed by atoms with E-state index in [0.717, 1.165) is 5.56 Å². The highest BCUT2D eigenvalue weighted by atomic mass is 16.1. The molecule has 0 bridgehead atoms. The smallest absolute Gasteiger partial charge is 0.273 e. The summed E-state index contributed by atoms with van der Waals surface area (Å²) in [6, 6.07) is 8.97. The Bertz CT molecular complexity index is 710. The minimum absolute atomic E-state index is 0.143. The Morgan fingerprint density at radius 3 is 2.52 bits per heavy atom. The number of hydrogen-bond acceptors (Lipinski definition) is 5. The number of nitrogen functional groups attached to an aromatic ring is 1. The number of carbonyl (C=O) groups is 1. The van der Waals surface area contributed by atoms with E-state index in [1.54, 1.807) is 0 Å². The van der Waals surface area contributed by atoms with Gasteiger partial charge in [-0.25, -0.2) is 9.97 Å².